The first-order valence-corrected chi connectivity index (χ1v) is 21.0. The number of carbonyl (C=O) groups excluding carboxylic acids is 5. The molecule has 60 heavy (non-hydrogen) atoms. The molecule has 5 amide bonds. The smallest absolute Gasteiger partial charge is 0.407 e. The summed E-state index contributed by atoms with van der Waals surface area (Å²) >= 11 is 0. The second-order valence-corrected chi connectivity index (χ2v) is 16.0. The van der Waals surface area contributed by atoms with Crippen molar-refractivity contribution in [3.63, 3.8) is 0 Å². The Hall–Kier alpha value is -5.87. The molecule has 2 aromatic carbocycles. The molecule has 4 aromatic rings. The van der Waals surface area contributed by atoms with Crippen molar-refractivity contribution in [3.8, 4) is 22.5 Å². The number of nitrogens with one attached hydrogen (secondary N) is 4. The first-order valence-electron chi connectivity index (χ1n) is 21.0. The largest absolute Gasteiger partial charge is 0.453 e. The van der Waals surface area contributed by atoms with Crippen LogP contribution < -0.4 is 16.0 Å². The Morgan fingerprint density at radius 1 is 0.817 bits per heavy atom. The van der Waals surface area contributed by atoms with Crippen LogP contribution in [0.3, 0.4) is 0 Å². The summed E-state index contributed by atoms with van der Waals surface area (Å²) in [4.78, 5) is 81.3. The summed E-state index contributed by atoms with van der Waals surface area (Å²) in [6, 6.07) is 15.2. The van der Waals surface area contributed by atoms with Crippen LogP contribution in [0.15, 0.2) is 60.8 Å². The molecule has 4 N–H and O–H groups in total. The standard InChI is InChI=1S/C44H52N8O8/c1-58-44(57)50-39(29-16-22-60-23-17-29)43(56)51-18-2-4-36(51)40-45-25-35(49-40)31-9-13-34-30(24-31)8-12-33(48-34)27-6-10-32(11-7-27)47-41(54)37-5-3-19-52(37)42(55)38(46-26-53)28-14-20-59-21-15-28/h6-13,24-26,28-29,36-39H,2-5,14-23H2,1H3,(H,45,49)(H,46,53)(H,47,54)(H,50,57)/t36-,37-,38-,39-/m0/s1. The Balaban J connectivity index is 0.911. The minimum absolute atomic E-state index is 0.0293. The molecule has 2 aromatic heterocycles. The van der Waals surface area contributed by atoms with E-state index in [0.29, 0.717) is 96.0 Å². The van der Waals surface area contributed by atoms with Gasteiger partial charge < -0.3 is 44.9 Å². The fourth-order valence-corrected chi connectivity index (χ4v) is 9.18. The monoisotopic (exact) mass is 820 g/mol. The molecule has 0 aliphatic carbocycles. The number of imidazole rings is 1. The molecule has 6 heterocycles. The minimum Gasteiger partial charge on any atom is -0.453 e. The molecule has 316 valence electrons. The number of fused-ring (bicyclic) bond motifs is 1. The van der Waals surface area contributed by atoms with Gasteiger partial charge >= 0.3 is 6.09 Å². The highest BCUT2D eigenvalue weighted by Gasteiger charge is 2.41. The van der Waals surface area contributed by atoms with Gasteiger partial charge in [-0.25, -0.2) is 14.8 Å². The lowest BCUT2D eigenvalue weighted by Gasteiger charge is -2.34. The normalized spacial score (nSPS) is 21.0. The summed E-state index contributed by atoms with van der Waals surface area (Å²) in [7, 11) is 1.30. The lowest BCUT2D eigenvalue weighted by atomic mass is 9.90. The van der Waals surface area contributed by atoms with E-state index in [-0.39, 0.29) is 35.6 Å². The third-order valence-electron chi connectivity index (χ3n) is 12.4. The molecule has 4 saturated heterocycles. The summed E-state index contributed by atoms with van der Waals surface area (Å²) < 4.78 is 15.8. The zero-order chi connectivity index (χ0) is 41.6. The van der Waals surface area contributed by atoms with E-state index in [1.165, 1.54) is 7.11 Å². The number of rotatable bonds is 12. The van der Waals surface area contributed by atoms with Gasteiger partial charge in [0.05, 0.1) is 36.3 Å². The predicted octanol–water partition coefficient (Wildman–Crippen LogP) is 4.58. The van der Waals surface area contributed by atoms with Crippen molar-refractivity contribution in [1.29, 1.82) is 0 Å². The van der Waals surface area contributed by atoms with E-state index in [9.17, 15) is 24.0 Å². The van der Waals surface area contributed by atoms with Crippen LogP contribution in [0.4, 0.5) is 10.5 Å². The Morgan fingerprint density at radius 3 is 2.20 bits per heavy atom. The maximum absolute atomic E-state index is 14.0. The third-order valence-corrected chi connectivity index (χ3v) is 12.4. The molecule has 0 bridgehead atoms. The average Bonchev–Trinajstić information content (AvgIpc) is 4.10. The summed E-state index contributed by atoms with van der Waals surface area (Å²) in [5.74, 6) is 0.0262. The van der Waals surface area contributed by atoms with E-state index in [2.05, 4.69) is 27.0 Å². The van der Waals surface area contributed by atoms with Gasteiger partial charge in [0.15, 0.2) is 0 Å². The third kappa shape index (κ3) is 8.84. The number of nitrogens with zero attached hydrogens (tertiary/aromatic N) is 4. The van der Waals surface area contributed by atoms with Gasteiger partial charge in [0.2, 0.25) is 24.1 Å². The molecular weight excluding hydrogens is 769 g/mol. The number of alkyl carbamates (subject to hydrolysis) is 1. The molecule has 16 heteroatoms. The second kappa shape index (κ2) is 18.6. The number of benzene rings is 2. The van der Waals surface area contributed by atoms with Gasteiger partial charge in [-0.2, -0.15) is 0 Å². The van der Waals surface area contributed by atoms with Crippen molar-refractivity contribution in [2.45, 2.75) is 75.5 Å². The van der Waals surface area contributed by atoms with Crippen molar-refractivity contribution in [2.24, 2.45) is 11.8 Å². The Kier molecular flexibility index (Phi) is 12.7. The number of aromatic nitrogens is 3. The highest BCUT2D eigenvalue weighted by atomic mass is 16.5. The highest BCUT2D eigenvalue weighted by molar-refractivity contribution is 5.98. The van der Waals surface area contributed by atoms with Gasteiger partial charge in [-0.1, -0.05) is 24.3 Å². The molecular formula is C44H52N8O8. The lowest BCUT2D eigenvalue weighted by molar-refractivity contribution is -0.141. The number of methoxy groups -OCH3 is 1. The van der Waals surface area contributed by atoms with E-state index in [4.69, 9.17) is 24.2 Å². The molecule has 4 aliphatic heterocycles. The Morgan fingerprint density at radius 2 is 1.48 bits per heavy atom. The number of pyridine rings is 1. The van der Waals surface area contributed by atoms with Crippen molar-refractivity contribution in [2.75, 3.05) is 51.9 Å². The van der Waals surface area contributed by atoms with Gasteiger partial charge in [-0.05, 0) is 93.5 Å². The number of anilines is 1. The molecule has 0 saturated carbocycles. The molecule has 4 aliphatic rings. The molecule has 0 unspecified atom stereocenters. The van der Waals surface area contributed by atoms with Gasteiger partial charge in [0.1, 0.15) is 23.9 Å². The van der Waals surface area contributed by atoms with Crippen LogP contribution in [0.25, 0.3) is 33.4 Å². The number of ether oxygens (including phenoxy) is 3. The maximum Gasteiger partial charge on any atom is 0.407 e. The van der Waals surface area contributed by atoms with Gasteiger partial charge in [-0.15, -0.1) is 0 Å². The van der Waals surface area contributed by atoms with Gasteiger partial charge in [0, 0.05) is 61.7 Å². The summed E-state index contributed by atoms with van der Waals surface area (Å²) in [5, 5.41) is 9.45. The fraction of sp³-hybridized carbons (Fsp3) is 0.477. The number of likely N-dealkylation sites (tertiary alicyclic amines) is 2. The SMILES string of the molecule is COC(=O)N[C@H](C(=O)N1CCC[C@H]1c1ncc(-c2ccc3nc(-c4ccc(NC(=O)[C@@H]5CCCN5C(=O)[C@@H](NC=O)C5CCOCC5)cc4)ccc3c2)[nH]1)C1CCOCC1. The minimum atomic E-state index is -0.700. The summed E-state index contributed by atoms with van der Waals surface area (Å²) in [6.07, 6.45) is 7.30. The van der Waals surface area contributed by atoms with Crippen molar-refractivity contribution in [1.82, 2.24) is 35.4 Å². The number of carbonyl (C=O) groups is 5. The lowest BCUT2D eigenvalue weighted by Crippen LogP contribution is -2.54. The number of hydrogen-bond donors (Lipinski definition) is 4. The van der Waals surface area contributed by atoms with Crippen LogP contribution in [0, 0.1) is 11.8 Å². The first-order chi connectivity index (χ1) is 29.3. The van der Waals surface area contributed by atoms with Crippen LogP contribution in [-0.2, 0) is 33.4 Å². The van der Waals surface area contributed by atoms with Crippen molar-refractivity contribution < 1.29 is 38.2 Å². The molecule has 8 rings (SSSR count). The van der Waals surface area contributed by atoms with E-state index >= 15 is 0 Å². The number of H-pyrrole nitrogens is 1. The first kappa shape index (κ1) is 40.9. The topological polar surface area (TPSA) is 197 Å². The van der Waals surface area contributed by atoms with Crippen LogP contribution in [0.5, 0.6) is 0 Å². The van der Waals surface area contributed by atoms with Crippen molar-refractivity contribution >= 4 is 46.8 Å². The Bertz CT molecular complexity index is 2180. The molecule has 16 nitrogen and oxygen atoms in total. The predicted molar refractivity (Wildman–Crippen MR) is 221 cm³/mol. The van der Waals surface area contributed by atoms with Crippen LogP contribution in [-0.4, -0.2) is 120 Å². The summed E-state index contributed by atoms with van der Waals surface area (Å²) in [5.41, 5.74) is 4.83. The van der Waals surface area contributed by atoms with E-state index in [1.807, 2.05) is 53.4 Å². The molecule has 0 radical (unpaired) electrons. The van der Waals surface area contributed by atoms with E-state index in [1.54, 1.807) is 11.1 Å². The summed E-state index contributed by atoms with van der Waals surface area (Å²) in [6.45, 7) is 3.23. The fourth-order valence-electron chi connectivity index (χ4n) is 9.18. The molecule has 4 atom stereocenters. The van der Waals surface area contributed by atoms with Crippen LogP contribution in [0.2, 0.25) is 0 Å². The maximum atomic E-state index is 14.0. The quantitative estimate of drug-likeness (QED) is 0.147. The van der Waals surface area contributed by atoms with Gasteiger partial charge in [-0.3, -0.25) is 19.2 Å². The van der Waals surface area contributed by atoms with E-state index < -0.39 is 24.2 Å². The Labute approximate surface area is 348 Å². The van der Waals surface area contributed by atoms with Crippen LogP contribution >= 0.6 is 0 Å². The second-order valence-electron chi connectivity index (χ2n) is 16.0. The molecule has 0 spiro atoms. The zero-order valence-electron chi connectivity index (χ0n) is 33.8. The number of hydrogen-bond acceptors (Lipinski definition) is 10. The van der Waals surface area contributed by atoms with Crippen LogP contribution in [0.1, 0.15) is 63.2 Å². The average molecular weight is 821 g/mol. The molecule has 4 fully saturated rings. The van der Waals surface area contributed by atoms with Gasteiger partial charge in [0.25, 0.3) is 0 Å². The zero-order valence-corrected chi connectivity index (χ0v) is 33.8. The number of amides is 5. The van der Waals surface area contributed by atoms with Crippen molar-refractivity contribution in [3.05, 3.63) is 66.6 Å². The number of aromatic amines is 1. The highest BCUT2D eigenvalue weighted by Crippen LogP contribution is 2.35. The van der Waals surface area contributed by atoms with E-state index in [0.717, 1.165) is 46.3 Å².